The van der Waals surface area contributed by atoms with Crippen LogP contribution in [0.5, 0.6) is 0 Å². The van der Waals surface area contributed by atoms with Crippen LogP contribution in [0.2, 0.25) is 0 Å². The molecule has 1 N–H and O–H groups in total. The van der Waals surface area contributed by atoms with Gasteiger partial charge < -0.3 is 10.1 Å². The number of carbonyl (C=O) groups is 2. The molecule has 1 aliphatic rings. The topological polar surface area (TPSA) is 79.2 Å². The smallest absolute Gasteiger partial charge is 0.344 e. The average molecular weight is 308 g/mol. The van der Waals surface area contributed by atoms with E-state index in [2.05, 4.69) is 10.1 Å². The molecule has 2 rings (SSSR count). The molecule has 0 heterocycles. The summed E-state index contributed by atoms with van der Waals surface area (Å²) < 4.78 is 31.4. The first-order valence-electron chi connectivity index (χ1n) is 6.71. The van der Waals surface area contributed by atoms with E-state index in [1.165, 1.54) is 0 Å². The van der Waals surface area contributed by atoms with Crippen molar-refractivity contribution in [3.8, 4) is 6.07 Å². The molecule has 7 heteroatoms. The number of hydrogen-bond donors (Lipinski definition) is 1. The van der Waals surface area contributed by atoms with Gasteiger partial charge in [0, 0.05) is 0 Å². The lowest BCUT2D eigenvalue weighted by Crippen LogP contribution is -2.48. The molecule has 1 saturated carbocycles. The molecule has 0 spiro atoms. The number of carbonyl (C=O) groups excluding carboxylic acids is 2. The zero-order valence-electron chi connectivity index (χ0n) is 11.9. The second-order valence-corrected chi connectivity index (χ2v) is 5.31. The van der Waals surface area contributed by atoms with Crippen LogP contribution in [-0.4, -0.2) is 24.0 Å². The maximum absolute atomic E-state index is 13.4. The molecule has 0 aromatic heterocycles. The molecule has 1 fully saturated rings. The average Bonchev–Trinajstić information content (AvgIpc) is 3.30. The molecule has 0 bridgehead atoms. The standard InChI is InChI=1S/C15H14F2N2O3/c1-15(8-18,9-5-6-9)19-12(20)7-22-14(21)13-10(16)3-2-4-11(13)17/h2-4,9H,5-7H2,1H3,(H,19,20)/t15-/m1/s1. The molecule has 5 nitrogen and oxygen atoms in total. The predicted octanol–water partition coefficient (Wildman–Crippen LogP) is 1.93. The van der Waals surface area contributed by atoms with Crippen molar-refractivity contribution in [3.05, 3.63) is 35.4 Å². The summed E-state index contributed by atoms with van der Waals surface area (Å²) in [6, 6.07) is 4.96. The number of ether oxygens (including phenoxy) is 1. The summed E-state index contributed by atoms with van der Waals surface area (Å²) in [5.74, 6) is -4.02. The summed E-state index contributed by atoms with van der Waals surface area (Å²) in [6.07, 6.45) is 1.68. The van der Waals surface area contributed by atoms with Gasteiger partial charge in [0.15, 0.2) is 6.61 Å². The van der Waals surface area contributed by atoms with Gasteiger partial charge in [-0.1, -0.05) is 6.07 Å². The SMILES string of the molecule is C[C@](C#N)(NC(=O)COC(=O)c1c(F)cccc1F)C1CC1. The normalized spacial score (nSPS) is 16.3. The summed E-state index contributed by atoms with van der Waals surface area (Å²) in [5.41, 5.74) is -1.87. The monoisotopic (exact) mass is 308 g/mol. The Labute approximate surface area is 125 Å². The number of amides is 1. The number of rotatable bonds is 5. The Kier molecular flexibility index (Phi) is 4.40. The molecule has 22 heavy (non-hydrogen) atoms. The van der Waals surface area contributed by atoms with E-state index >= 15 is 0 Å². The van der Waals surface area contributed by atoms with Gasteiger partial charge in [0.1, 0.15) is 22.7 Å². The first-order chi connectivity index (χ1) is 10.4. The lowest BCUT2D eigenvalue weighted by Gasteiger charge is -2.22. The number of benzene rings is 1. The van der Waals surface area contributed by atoms with Crippen molar-refractivity contribution < 1.29 is 23.1 Å². The summed E-state index contributed by atoms with van der Waals surface area (Å²) in [5, 5.41) is 11.6. The van der Waals surface area contributed by atoms with E-state index in [0.717, 1.165) is 31.0 Å². The number of nitriles is 1. The summed E-state index contributed by atoms with van der Waals surface area (Å²) in [6.45, 7) is 0.873. The molecule has 1 aromatic rings. The van der Waals surface area contributed by atoms with Crippen molar-refractivity contribution in [3.63, 3.8) is 0 Å². The molecular formula is C15H14F2N2O3. The van der Waals surface area contributed by atoms with Crippen LogP contribution in [0.15, 0.2) is 18.2 Å². The highest BCUT2D eigenvalue weighted by Crippen LogP contribution is 2.39. The summed E-state index contributed by atoms with van der Waals surface area (Å²) in [4.78, 5) is 23.4. The van der Waals surface area contributed by atoms with E-state index in [4.69, 9.17) is 5.26 Å². The Bertz CT molecular complexity index is 632. The van der Waals surface area contributed by atoms with Crippen molar-refractivity contribution in [1.29, 1.82) is 5.26 Å². The third-order valence-electron chi connectivity index (χ3n) is 3.53. The Hall–Kier alpha value is -2.49. The lowest BCUT2D eigenvalue weighted by atomic mass is 9.98. The lowest BCUT2D eigenvalue weighted by molar-refractivity contribution is -0.125. The van der Waals surface area contributed by atoms with Gasteiger partial charge in [0.2, 0.25) is 0 Å². The maximum atomic E-state index is 13.4. The van der Waals surface area contributed by atoms with Gasteiger partial charge in [-0.15, -0.1) is 0 Å². The molecular weight excluding hydrogens is 294 g/mol. The molecule has 116 valence electrons. The van der Waals surface area contributed by atoms with Gasteiger partial charge in [0.25, 0.3) is 5.91 Å². The van der Waals surface area contributed by atoms with E-state index in [-0.39, 0.29) is 5.92 Å². The molecule has 1 aromatic carbocycles. The number of nitrogens with zero attached hydrogens (tertiary/aromatic N) is 1. The first kappa shape index (κ1) is 15.9. The van der Waals surface area contributed by atoms with Crippen LogP contribution >= 0.6 is 0 Å². The largest absolute Gasteiger partial charge is 0.452 e. The first-order valence-corrected chi connectivity index (χ1v) is 6.71. The van der Waals surface area contributed by atoms with E-state index in [9.17, 15) is 18.4 Å². The minimum absolute atomic E-state index is 0.0705. The Morgan fingerprint density at radius 1 is 1.41 bits per heavy atom. The molecule has 1 atom stereocenters. The van der Waals surface area contributed by atoms with Gasteiger partial charge >= 0.3 is 5.97 Å². The number of nitrogens with one attached hydrogen (secondary N) is 1. The minimum Gasteiger partial charge on any atom is -0.452 e. The maximum Gasteiger partial charge on any atom is 0.344 e. The molecule has 0 saturated heterocycles. The zero-order chi connectivity index (χ0) is 16.3. The molecule has 1 aliphatic carbocycles. The molecule has 0 unspecified atom stereocenters. The Morgan fingerprint density at radius 2 is 2.00 bits per heavy atom. The van der Waals surface area contributed by atoms with Crippen LogP contribution in [-0.2, 0) is 9.53 Å². The van der Waals surface area contributed by atoms with Gasteiger partial charge in [0.05, 0.1) is 6.07 Å². The van der Waals surface area contributed by atoms with E-state index < -0.39 is 41.2 Å². The third-order valence-corrected chi connectivity index (χ3v) is 3.53. The fourth-order valence-electron chi connectivity index (χ4n) is 2.10. The van der Waals surface area contributed by atoms with E-state index in [1.54, 1.807) is 6.92 Å². The molecule has 0 radical (unpaired) electrons. The highest BCUT2D eigenvalue weighted by atomic mass is 19.1. The highest BCUT2D eigenvalue weighted by molar-refractivity contribution is 5.92. The van der Waals surface area contributed by atoms with Crippen LogP contribution in [0.3, 0.4) is 0 Å². The number of esters is 1. The van der Waals surface area contributed by atoms with Gasteiger partial charge in [-0.3, -0.25) is 4.79 Å². The summed E-state index contributed by atoms with van der Waals surface area (Å²) >= 11 is 0. The fraction of sp³-hybridized carbons (Fsp3) is 0.400. The predicted molar refractivity (Wildman–Crippen MR) is 71.5 cm³/mol. The Morgan fingerprint density at radius 3 is 2.50 bits per heavy atom. The third kappa shape index (κ3) is 3.39. The van der Waals surface area contributed by atoms with E-state index in [1.807, 2.05) is 6.07 Å². The van der Waals surface area contributed by atoms with E-state index in [0.29, 0.717) is 0 Å². The van der Waals surface area contributed by atoms with Crippen LogP contribution in [0.1, 0.15) is 30.1 Å². The van der Waals surface area contributed by atoms with Crippen molar-refractivity contribution in [2.45, 2.75) is 25.3 Å². The number of halogens is 2. The quantitative estimate of drug-likeness (QED) is 0.843. The molecule has 0 aliphatic heterocycles. The molecule has 1 amide bonds. The van der Waals surface area contributed by atoms with Gasteiger partial charge in [-0.25, -0.2) is 13.6 Å². The second kappa shape index (κ2) is 6.10. The van der Waals surface area contributed by atoms with Crippen molar-refractivity contribution >= 4 is 11.9 Å². The van der Waals surface area contributed by atoms with Crippen molar-refractivity contribution in [1.82, 2.24) is 5.32 Å². The van der Waals surface area contributed by atoms with Crippen LogP contribution in [0, 0.1) is 28.9 Å². The van der Waals surface area contributed by atoms with Crippen LogP contribution < -0.4 is 5.32 Å². The van der Waals surface area contributed by atoms with Crippen LogP contribution in [0.4, 0.5) is 8.78 Å². The minimum atomic E-state index is -1.27. The van der Waals surface area contributed by atoms with Gasteiger partial charge in [-0.2, -0.15) is 5.26 Å². The highest BCUT2D eigenvalue weighted by Gasteiger charge is 2.43. The zero-order valence-corrected chi connectivity index (χ0v) is 11.9. The van der Waals surface area contributed by atoms with Crippen molar-refractivity contribution in [2.24, 2.45) is 5.92 Å². The van der Waals surface area contributed by atoms with Gasteiger partial charge in [-0.05, 0) is 37.8 Å². The Balaban J connectivity index is 1.94. The number of hydrogen-bond acceptors (Lipinski definition) is 4. The van der Waals surface area contributed by atoms with Crippen LogP contribution in [0.25, 0.3) is 0 Å². The summed E-state index contributed by atoms with van der Waals surface area (Å²) in [7, 11) is 0. The van der Waals surface area contributed by atoms with Crippen molar-refractivity contribution in [2.75, 3.05) is 6.61 Å². The fourth-order valence-corrected chi connectivity index (χ4v) is 2.10. The second-order valence-electron chi connectivity index (χ2n) is 5.31.